The maximum absolute atomic E-state index is 11.4. The monoisotopic (exact) mass is 262 g/mol. The number of benzene rings is 1. The van der Waals surface area contributed by atoms with Gasteiger partial charge in [0.15, 0.2) is 10.9 Å². The van der Waals surface area contributed by atoms with Gasteiger partial charge in [0, 0.05) is 11.4 Å². The summed E-state index contributed by atoms with van der Waals surface area (Å²) < 4.78 is 4.66. The first-order valence-corrected chi connectivity index (χ1v) is 6.51. The maximum Gasteiger partial charge on any atom is 0.358 e. The van der Waals surface area contributed by atoms with Gasteiger partial charge in [0.1, 0.15) is 0 Å². The fourth-order valence-corrected chi connectivity index (χ4v) is 2.40. The smallest absolute Gasteiger partial charge is 0.358 e. The van der Waals surface area contributed by atoms with E-state index in [-0.39, 0.29) is 0 Å². The van der Waals surface area contributed by atoms with Gasteiger partial charge in [-0.1, -0.05) is 42.1 Å². The van der Waals surface area contributed by atoms with Crippen LogP contribution < -0.4 is 0 Å². The van der Waals surface area contributed by atoms with E-state index in [2.05, 4.69) is 26.8 Å². The molecule has 0 spiro atoms. The minimum Gasteiger partial charge on any atom is -0.464 e. The van der Waals surface area contributed by atoms with Crippen molar-refractivity contribution in [2.24, 2.45) is 0 Å². The molecule has 1 N–H and O–H groups in total. The summed E-state index contributed by atoms with van der Waals surface area (Å²) in [5.41, 5.74) is 2.31. The van der Waals surface area contributed by atoms with Gasteiger partial charge in [-0.2, -0.15) is 0 Å². The van der Waals surface area contributed by atoms with Gasteiger partial charge in [-0.15, -0.1) is 0 Å². The molecule has 0 aliphatic heterocycles. The van der Waals surface area contributed by atoms with E-state index >= 15 is 0 Å². The Morgan fingerprint density at radius 3 is 2.78 bits per heavy atom. The zero-order valence-corrected chi connectivity index (χ0v) is 11.1. The second-order valence-corrected chi connectivity index (χ2v) is 4.75. The van der Waals surface area contributed by atoms with Crippen molar-refractivity contribution in [3.8, 4) is 0 Å². The first-order valence-electron chi connectivity index (χ1n) is 5.52. The zero-order valence-electron chi connectivity index (χ0n) is 10.3. The van der Waals surface area contributed by atoms with Crippen LogP contribution in [-0.4, -0.2) is 23.0 Å². The molecule has 0 aliphatic rings. The lowest BCUT2D eigenvalue weighted by molar-refractivity contribution is 0.0593. The quantitative estimate of drug-likeness (QED) is 0.680. The molecule has 94 valence electrons. The number of aryl methyl sites for hydroxylation is 1. The third-order valence-electron chi connectivity index (χ3n) is 2.46. The number of ether oxygens (including phenoxy) is 1. The van der Waals surface area contributed by atoms with Crippen molar-refractivity contribution >= 4 is 17.7 Å². The molecule has 0 saturated heterocycles. The number of carbonyl (C=O) groups is 1. The molecule has 1 aromatic heterocycles. The minimum absolute atomic E-state index is 0.355. The molecule has 0 saturated carbocycles. The molecule has 0 unspecified atom stereocenters. The van der Waals surface area contributed by atoms with Crippen LogP contribution in [0.3, 0.4) is 0 Å². The van der Waals surface area contributed by atoms with Gasteiger partial charge in [0.05, 0.1) is 7.11 Å². The van der Waals surface area contributed by atoms with Gasteiger partial charge in [0.2, 0.25) is 0 Å². The van der Waals surface area contributed by atoms with Crippen LogP contribution in [0.25, 0.3) is 0 Å². The van der Waals surface area contributed by atoms with E-state index in [9.17, 15) is 4.79 Å². The summed E-state index contributed by atoms with van der Waals surface area (Å²) in [6.07, 6.45) is 0. The number of nitrogens with zero attached hydrogens (tertiary/aromatic N) is 1. The standard InChI is InChI=1S/C13H14N2O2S/c1-9-11(12(16)17-2)15-13(14-9)18-8-10-6-4-3-5-7-10/h3-7H,8H2,1-2H3,(H,14,15). The fraction of sp³-hybridized carbons (Fsp3) is 0.231. The molecule has 1 aromatic carbocycles. The van der Waals surface area contributed by atoms with Crippen molar-refractivity contribution < 1.29 is 9.53 Å². The van der Waals surface area contributed by atoms with E-state index < -0.39 is 5.97 Å². The fourth-order valence-electron chi connectivity index (χ4n) is 1.52. The van der Waals surface area contributed by atoms with Crippen LogP contribution in [0, 0.1) is 6.92 Å². The number of aromatic amines is 1. The van der Waals surface area contributed by atoms with Crippen molar-refractivity contribution in [2.45, 2.75) is 17.8 Å². The summed E-state index contributed by atoms with van der Waals surface area (Å²) >= 11 is 1.56. The third-order valence-corrected chi connectivity index (χ3v) is 3.40. The molecule has 0 aliphatic carbocycles. The normalized spacial score (nSPS) is 10.3. The van der Waals surface area contributed by atoms with Gasteiger partial charge in [-0.3, -0.25) is 0 Å². The zero-order chi connectivity index (χ0) is 13.0. The summed E-state index contributed by atoms with van der Waals surface area (Å²) in [7, 11) is 1.35. The summed E-state index contributed by atoms with van der Waals surface area (Å²) in [6, 6.07) is 10.1. The predicted molar refractivity (Wildman–Crippen MR) is 70.7 cm³/mol. The molecule has 0 amide bonds. The van der Waals surface area contributed by atoms with E-state index in [0.717, 1.165) is 16.6 Å². The molecular formula is C13H14N2O2S. The maximum atomic E-state index is 11.4. The first-order chi connectivity index (χ1) is 8.70. The van der Waals surface area contributed by atoms with Gasteiger partial charge < -0.3 is 9.72 Å². The molecule has 2 rings (SSSR count). The number of rotatable bonds is 4. The van der Waals surface area contributed by atoms with E-state index in [4.69, 9.17) is 0 Å². The summed E-state index contributed by atoms with van der Waals surface area (Å²) in [5, 5.41) is 0.733. The highest BCUT2D eigenvalue weighted by molar-refractivity contribution is 7.98. The molecule has 0 bridgehead atoms. The van der Waals surface area contributed by atoms with Gasteiger partial charge in [-0.05, 0) is 12.5 Å². The van der Waals surface area contributed by atoms with E-state index in [0.29, 0.717) is 5.69 Å². The summed E-state index contributed by atoms with van der Waals surface area (Å²) in [4.78, 5) is 18.7. The lowest BCUT2D eigenvalue weighted by atomic mass is 10.2. The second-order valence-electron chi connectivity index (χ2n) is 3.78. The number of hydrogen-bond acceptors (Lipinski definition) is 4. The van der Waals surface area contributed by atoms with Gasteiger partial charge in [0.25, 0.3) is 0 Å². The first kappa shape index (κ1) is 12.7. The Hall–Kier alpha value is -1.75. The lowest BCUT2D eigenvalue weighted by Crippen LogP contribution is -2.03. The number of thioether (sulfide) groups is 1. The van der Waals surface area contributed by atoms with Gasteiger partial charge in [-0.25, -0.2) is 9.78 Å². The molecule has 5 heteroatoms. The molecule has 18 heavy (non-hydrogen) atoms. The average Bonchev–Trinajstić information content (AvgIpc) is 2.78. The van der Waals surface area contributed by atoms with Crippen LogP contribution in [0.5, 0.6) is 0 Å². The molecule has 1 heterocycles. The lowest BCUT2D eigenvalue weighted by Gasteiger charge is -1.97. The predicted octanol–water partition coefficient (Wildman–Crippen LogP) is 2.80. The molecule has 4 nitrogen and oxygen atoms in total. The number of H-pyrrole nitrogens is 1. The number of esters is 1. The van der Waals surface area contributed by atoms with Crippen LogP contribution in [0.2, 0.25) is 0 Å². The van der Waals surface area contributed by atoms with Crippen molar-refractivity contribution in [3.63, 3.8) is 0 Å². The number of hydrogen-bond donors (Lipinski definition) is 1. The number of carbonyl (C=O) groups excluding carboxylic acids is 1. The summed E-state index contributed by atoms with van der Waals surface area (Å²) in [5.74, 6) is 0.407. The number of methoxy groups -OCH3 is 1. The van der Waals surface area contributed by atoms with E-state index in [1.807, 2.05) is 25.1 Å². The number of imidazole rings is 1. The Morgan fingerprint density at radius 2 is 2.11 bits per heavy atom. The summed E-state index contributed by atoms with van der Waals surface area (Å²) in [6.45, 7) is 1.81. The van der Waals surface area contributed by atoms with Crippen LogP contribution in [0.15, 0.2) is 35.5 Å². The van der Waals surface area contributed by atoms with Crippen molar-refractivity contribution in [3.05, 3.63) is 47.3 Å². The largest absolute Gasteiger partial charge is 0.464 e. The SMILES string of the molecule is COC(=O)c1nc(SCc2ccccc2)[nH]c1C. The number of aromatic nitrogens is 2. The van der Waals surface area contributed by atoms with Gasteiger partial charge >= 0.3 is 5.97 Å². The minimum atomic E-state index is -0.407. The molecule has 0 fully saturated rings. The van der Waals surface area contributed by atoms with Crippen LogP contribution in [0.1, 0.15) is 21.7 Å². The molecular weight excluding hydrogens is 248 g/mol. The van der Waals surface area contributed by atoms with Crippen molar-refractivity contribution in [2.75, 3.05) is 7.11 Å². The highest BCUT2D eigenvalue weighted by atomic mass is 32.2. The number of nitrogens with one attached hydrogen (secondary N) is 1. The van der Waals surface area contributed by atoms with E-state index in [1.54, 1.807) is 11.8 Å². The Labute approximate surface area is 110 Å². The third kappa shape index (κ3) is 2.92. The Kier molecular flexibility index (Phi) is 4.04. The van der Waals surface area contributed by atoms with E-state index in [1.165, 1.54) is 12.7 Å². The highest BCUT2D eigenvalue weighted by Crippen LogP contribution is 2.21. The average molecular weight is 262 g/mol. The second kappa shape index (κ2) is 5.73. The molecule has 0 radical (unpaired) electrons. The Balaban J connectivity index is 2.05. The molecule has 2 aromatic rings. The van der Waals surface area contributed by atoms with Crippen LogP contribution in [0.4, 0.5) is 0 Å². The van der Waals surface area contributed by atoms with Crippen molar-refractivity contribution in [1.29, 1.82) is 0 Å². The topological polar surface area (TPSA) is 55.0 Å². The van der Waals surface area contributed by atoms with Crippen LogP contribution >= 0.6 is 11.8 Å². The molecule has 0 atom stereocenters. The van der Waals surface area contributed by atoms with Crippen LogP contribution in [-0.2, 0) is 10.5 Å². The highest BCUT2D eigenvalue weighted by Gasteiger charge is 2.15. The Bertz CT molecular complexity index is 537. The Morgan fingerprint density at radius 1 is 1.39 bits per heavy atom. The van der Waals surface area contributed by atoms with Crippen molar-refractivity contribution in [1.82, 2.24) is 9.97 Å².